The molecule has 1 aromatic rings. The first-order valence-electron chi connectivity index (χ1n) is 23.9. The zero-order chi connectivity index (χ0) is 50.1. The Morgan fingerprint density at radius 2 is 1.49 bits per heavy atom. The van der Waals surface area contributed by atoms with Crippen molar-refractivity contribution in [3.63, 3.8) is 0 Å². The van der Waals surface area contributed by atoms with E-state index in [0.717, 1.165) is 5.56 Å². The lowest BCUT2D eigenvalue weighted by Gasteiger charge is -2.41. The van der Waals surface area contributed by atoms with E-state index in [1.807, 2.05) is 59.6 Å². The molecule has 0 spiro atoms. The number of nitrogens with zero attached hydrogens (tertiary/aromatic N) is 4. The standard InChI is InChI=1S/C49H78N6O12/c1-12-32(6)44(37(65-10)29-40(58)54-27-19-22-36(54)45(66-11)33(7)46(60)50-35(49(63)64)28-34-20-15-13-16-21-34)53(9)48(62)42(30(2)3)51-47(61)43(31(4)5)52(8)26-18-14-17-23-41(59)67-55-38(56)24-25-39(55)57/h13,15-16,20-21,30-33,35-37,42-45H,12,14,17-19,22-29H2,1-11H3,(H,50,60)(H,51,61)(H,63,64)/t32?,33?,35?,36-,37?,42?,43?,44?,45?/m0/s1. The summed E-state index contributed by atoms with van der Waals surface area (Å²) >= 11 is 0. The smallest absolute Gasteiger partial charge is 0.333 e. The van der Waals surface area contributed by atoms with Crippen molar-refractivity contribution in [2.45, 2.75) is 162 Å². The molecule has 9 atom stereocenters. The number of carbonyl (C=O) groups excluding carboxylic acids is 7. The third-order valence-electron chi connectivity index (χ3n) is 13.4. The van der Waals surface area contributed by atoms with E-state index >= 15 is 0 Å². The summed E-state index contributed by atoms with van der Waals surface area (Å²) in [6.07, 6.45) is 2.37. The van der Waals surface area contributed by atoms with Gasteiger partial charge in [-0.3, -0.25) is 33.7 Å². The van der Waals surface area contributed by atoms with Crippen molar-refractivity contribution >= 4 is 47.4 Å². The molecule has 1 aromatic carbocycles. The molecule has 0 bridgehead atoms. The molecule has 2 fully saturated rings. The van der Waals surface area contributed by atoms with Gasteiger partial charge in [-0.25, -0.2) is 9.59 Å². The molecule has 2 aliphatic heterocycles. The number of rotatable bonds is 28. The van der Waals surface area contributed by atoms with Gasteiger partial charge in [0.1, 0.15) is 12.1 Å². The number of hydrogen-bond donors (Lipinski definition) is 3. The Hall–Kier alpha value is -4.94. The Bertz CT molecular complexity index is 1810. The van der Waals surface area contributed by atoms with Crippen molar-refractivity contribution in [1.82, 2.24) is 30.4 Å². The van der Waals surface area contributed by atoms with Gasteiger partial charge in [-0.2, -0.15) is 0 Å². The Kier molecular flexibility index (Phi) is 22.9. The predicted octanol–water partition coefficient (Wildman–Crippen LogP) is 3.98. The van der Waals surface area contributed by atoms with Crippen LogP contribution in [0.25, 0.3) is 0 Å². The van der Waals surface area contributed by atoms with E-state index in [9.17, 15) is 43.5 Å². The van der Waals surface area contributed by atoms with Crippen LogP contribution in [0.4, 0.5) is 0 Å². The second-order valence-electron chi connectivity index (χ2n) is 18.9. The van der Waals surface area contributed by atoms with E-state index in [1.54, 1.807) is 48.0 Å². The highest BCUT2D eigenvalue weighted by molar-refractivity contribution is 6.01. The number of carboxylic acid groups (broad SMARTS) is 1. The van der Waals surface area contributed by atoms with Crippen LogP contribution in [0.2, 0.25) is 0 Å². The van der Waals surface area contributed by atoms with Crippen molar-refractivity contribution in [2.24, 2.45) is 23.7 Å². The monoisotopic (exact) mass is 943 g/mol. The van der Waals surface area contributed by atoms with E-state index in [1.165, 1.54) is 14.2 Å². The van der Waals surface area contributed by atoms with E-state index in [4.69, 9.17) is 14.3 Å². The molecule has 376 valence electrons. The van der Waals surface area contributed by atoms with Crippen molar-refractivity contribution in [3.05, 3.63) is 35.9 Å². The van der Waals surface area contributed by atoms with Gasteiger partial charge in [-0.1, -0.05) is 91.6 Å². The quantitative estimate of drug-likeness (QED) is 0.0801. The molecule has 18 nitrogen and oxygen atoms in total. The number of likely N-dealkylation sites (tertiary alicyclic amines) is 1. The maximum atomic E-state index is 14.6. The van der Waals surface area contributed by atoms with Gasteiger partial charge in [0.25, 0.3) is 11.8 Å². The van der Waals surface area contributed by atoms with Crippen molar-refractivity contribution in [2.75, 3.05) is 41.4 Å². The summed E-state index contributed by atoms with van der Waals surface area (Å²) in [6.45, 7) is 14.2. The fourth-order valence-electron chi connectivity index (χ4n) is 9.39. The summed E-state index contributed by atoms with van der Waals surface area (Å²) in [7, 11) is 6.52. The topological polar surface area (TPSA) is 222 Å². The molecular formula is C49H78N6O12. The van der Waals surface area contributed by atoms with Gasteiger partial charge in [-0.15, -0.1) is 5.06 Å². The summed E-state index contributed by atoms with van der Waals surface area (Å²) in [6, 6.07) is 5.41. The molecule has 2 aliphatic rings. The van der Waals surface area contributed by atoms with Crippen LogP contribution in [0, 0.1) is 23.7 Å². The number of carbonyl (C=O) groups is 8. The zero-order valence-corrected chi connectivity index (χ0v) is 41.7. The Labute approximate surface area is 397 Å². The molecule has 67 heavy (non-hydrogen) atoms. The molecule has 6 amide bonds. The third kappa shape index (κ3) is 15.8. The molecule has 2 heterocycles. The van der Waals surface area contributed by atoms with Gasteiger partial charge in [0, 0.05) is 53.5 Å². The minimum absolute atomic E-state index is 0.0286. The summed E-state index contributed by atoms with van der Waals surface area (Å²) in [4.78, 5) is 115. The number of methoxy groups -OCH3 is 2. The molecule has 3 N–H and O–H groups in total. The Morgan fingerprint density at radius 1 is 0.851 bits per heavy atom. The van der Waals surface area contributed by atoms with Gasteiger partial charge in [-0.05, 0) is 62.6 Å². The number of benzene rings is 1. The number of likely N-dealkylation sites (N-methyl/N-ethyl adjacent to an activating group) is 2. The summed E-state index contributed by atoms with van der Waals surface area (Å²) in [5, 5.41) is 16.2. The number of ether oxygens (including phenoxy) is 2. The van der Waals surface area contributed by atoms with Crippen LogP contribution in [0.3, 0.4) is 0 Å². The highest BCUT2D eigenvalue weighted by Gasteiger charge is 2.44. The average molecular weight is 943 g/mol. The van der Waals surface area contributed by atoms with E-state index < -0.39 is 78.0 Å². The van der Waals surface area contributed by atoms with Crippen LogP contribution in [0.5, 0.6) is 0 Å². The lowest BCUT2D eigenvalue weighted by atomic mass is 9.89. The van der Waals surface area contributed by atoms with Crippen LogP contribution in [0.1, 0.15) is 118 Å². The summed E-state index contributed by atoms with van der Waals surface area (Å²) in [5.41, 5.74) is 0.766. The van der Waals surface area contributed by atoms with Crippen molar-refractivity contribution < 1.29 is 57.8 Å². The largest absolute Gasteiger partial charge is 0.480 e. The molecule has 0 aromatic heterocycles. The third-order valence-corrected chi connectivity index (χ3v) is 13.4. The van der Waals surface area contributed by atoms with Gasteiger partial charge in [0.2, 0.25) is 23.6 Å². The minimum Gasteiger partial charge on any atom is -0.480 e. The van der Waals surface area contributed by atoms with Crippen LogP contribution < -0.4 is 10.6 Å². The number of hydrogen-bond acceptors (Lipinski definition) is 12. The minimum atomic E-state index is -1.16. The normalized spacial score (nSPS) is 18.9. The highest BCUT2D eigenvalue weighted by atomic mass is 16.7. The molecule has 18 heteroatoms. The summed E-state index contributed by atoms with van der Waals surface area (Å²) in [5.74, 6) is -5.50. The fourth-order valence-corrected chi connectivity index (χ4v) is 9.39. The second kappa shape index (κ2) is 27.2. The SMILES string of the molecule is CCC(C)C(C(CC(=O)N1CCC[C@H]1C(OC)C(C)C(=O)NC(Cc1ccccc1)C(=O)O)OC)N(C)C(=O)C(NC(=O)C(C(C)C)N(C)CCCCCC(=O)ON1C(=O)CCC1=O)C(C)C. The Morgan fingerprint density at radius 3 is 2.04 bits per heavy atom. The average Bonchev–Trinajstić information content (AvgIpc) is 3.90. The lowest BCUT2D eigenvalue weighted by Crippen LogP contribution is -2.60. The number of nitrogens with one attached hydrogen (secondary N) is 2. The van der Waals surface area contributed by atoms with Crippen LogP contribution >= 0.6 is 0 Å². The lowest BCUT2D eigenvalue weighted by molar-refractivity contribution is -0.197. The van der Waals surface area contributed by atoms with Crippen LogP contribution in [-0.4, -0.2) is 156 Å². The first-order chi connectivity index (χ1) is 31.7. The first kappa shape index (κ1) is 56.4. The molecule has 0 radical (unpaired) electrons. The van der Waals surface area contributed by atoms with E-state index in [2.05, 4.69) is 10.6 Å². The van der Waals surface area contributed by atoms with Crippen LogP contribution in [0.15, 0.2) is 30.3 Å². The number of amides is 6. The maximum Gasteiger partial charge on any atom is 0.333 e. The molecule has 3 rings (SSSR count). The predicted molar refractivity (Wildman–Crippen MR) is 250 cm³/mol. The van der Waals surface area contributed by atoms with Gasteiger partial charge in [0.15, 0.2) is 0 Å². The number of aliphatic carboxylic acids is 1. The highest BCUT2D eigenvalue weighted by Crippen LogP contribution is 2.30. The fraction of sp³-hybridized carbons (Fsp3) is 0.714. The maximum absolute atomic E-state index is 14.6. The molecular weight excluding hydrogens is 865 g/mol. The number of hydroxylamine groups is 2. The van der Waals surface area contributed by atoms with E-state index in [-0.39, 0.29) is 67.6 Å². The van der Waals surface area contributed by atoms with Gasteiger partial charge >= 0.3 is 11.9 Å². The Balaban J connectivity index is 1.68. The number of carboxylic acids is 1. The van der Waals surface area contributed by atoms with Gasteiger partial charge < -0.3 is 39.9 Å². The molecule has 0 aliphatic carbocycles. The second-order valence-corrected chi connectivity index (χ2v) is 18.9. The van der Waals surface area contributed by atoms with Crippen molar-refractivity contribution in [3.8, 4) is 0 Å². The zero-order valence-electron chi connectivity index (χ0n) is 41.7. The number of unbranched alkanes of at least 4 members (excludes halogenated alkanes) is 2. The molecule has 2 saturated heterocycles. The first-order valence-corrected chi connectivity index (χ1v) is 23.9. The van der Waals surface area contributed by atoms with Crippen molar-refractivity contribution in [1.29, 1.82) is 0 Å². The van der Waals surface area contributed by atoms with Gasteiger partial charge in [0.05, 0.1) is 42.7 Å². The summed E-state index contributed by atoms with van der Waals surface area (Å²) < 4.78 is 11.9. The van der Waals surface area contributed by atoms with Crippen LogP contribution in [-0.2, 0) is 59.1 Å². The van der Waals surface area contributed by atoms with E-state index in [0.29, 0.717) is 56.7 Å². The number of imide groups is 1. The molecule has 0 saturated carbocycles. The molecule has 8 unspecified atom stereocenters.